The molecule has 0 saturated carbocycles. The van der Waals surface area contributed by atoms with Gasteiger partial charge >= 0.3 is 0 Å². The van der Waals surface area contributed by atoms with Crippen LogP contribution in [0.4, 0.5) is 5.69 Å². The highest BCUT2D eigenvalue weighted by atomic mass is 28.4. The van der Waals surface area contributed by atoms with Crippen molar-refractivity contribution in [2.75, 3.05) is 18.2 Å². The van der Waals surface area contributed by atoms with Crippen molar-refractivity contribution in [1.82, 2.24) is 0 Å². The number of aryl methyl sites for hydroxylation is 1. The summed E-state index contributed by atoms with van der Waals surface area (Å²) in [5, 5.41) is 9.68. The average Bonchev–Trinajstić information content (AvgIpc) is 2.36. The molecule has 112 valence electrons. The molecule has 3 nitrogen and oxygen atoms in total. The van der Waals surface area contributed by atoms with Gasteiger partial charge in [-0.1, -0.05) is 26.8 Å². The van der Waals surface area contributed by atoms with Crippen molar-refractivity contribution in [2.45, 2.75) is 51.7 Å². The predicted molar refractivity (Wildman–Crippen MR) is 87.0 cm³/mol. The molecule has 0 atom stereocenters. The van der Waals surface area contributed by atoms with Crippen LogP contribution in [0, 0.1) is 0 Å². The molecule has 1 N–H and O–H groups in total. The van der Waals surface area contributed by atoms with E-state index in [-0.39, 0.29) is 11.8 Å². The first-order valence-electron chi connectivity index (χ1n) is 7.42. The van der Waals surface area contributed by atoms with Gasteiger partial charge in [-0.3, -0.25) is 0 Å². The predicted octanol–water partition coefficient (Wildman–Crippen LogP) is 3.77. The minimum Gasteiger partial charge on any atom is -0.543 e. The molecule has 0 saturated heterocycles. The SMILES string of the molecule is CC(C)(C)[Si](C)(C)Oc1ccc2c(c1)N(CO)CCC2. The largest absolute Gasteiger partial charge is 0.543 e. The van der Waals surface area contributed by atoms with Crippen molar-refractivity contribution < 1.29 is 9.53 Å². The number of aliphatic hydroxyl groups excluding tert-OH is 1. The molecule has 0 fully saturated rings. The van der Waals surface area contributed by atoms with Crippen LogP contribution in [0.3, 0.4) is 0 Å². The van der Waals surface area contributed by atoms with Gasteiger partial charge in [-0.25, -0.2) is 0 Å². The van der Waals surface area contributed by atoms with Crippen molar-refractivity contribution in [2.24, 2.45) is 0 Å². The lowest BCUT2D eigenvalue weighted by Crippen LogP contribution is -2.44. The Kier molecular flexibility index (Phi) is 4.16. The molecule has 1 aromatic carbocycles. The number of anilines is 1. The Balaban J connectivity index is 2.27. The summed E-state index contributed by atoms with van der Waals surface area (Å²) < 4.78 is 6.36. The van der Waals surface area contributed by atoms with Crippen LogP contribution in [-0.4, -0.2) is 26.7 Å². The Morgan fingerprint density at radius 1 is 1.30 bits per heavy atom. The van der Waals surface area contributed by atoms with E-state index < -0.39 is 8.32 Å². The highest BCUT2D eigenvalue weighted by molar-refractivity contribution is 6.74. The molecule has 0 radical (unpaired) electrons. The zero-order valence-corrected chi connectivity index (χ0v) is 14.4. The van der Waals surface area contributed by atoms with Crippen molar-refractivity contribution in [1.29, 1.82) is 0 Å². The standard InChI is InChI=1S/C16H27NO2Si/c1-16(2,3)20(4,5)19-14-9-8-13-7-6-10-17(12-18)15(13)11-14/h8-9,11,18H,6-7,10,12H2,1-5H3. The minimum absolute atomic E-state index is 0.0799. The van der Waals surface area contributed by atoms with E-state index in [1.807, 2.05) is 4.90 Å². The minimum atomic E-state index is -1.80. The van der Waals surface area contributed by atoms with Gasteiger partial charge in [0.1, 0.15) is 12.5 Å². The van der Waals surface area contributed by atoms with Crippen molar-refractivity contribution in [3.8, 4) is 5.75 Å². The fourth-order valence-electron chi connectivity index (χ4n) is 2.29. The molecule has 1 aliphatic heterocycles. The lowest BCUT2D eigenvalue weighted by atomic mass is 10.0. The van der Waals surface area contributed by atoms with E-state index in [2.05, 4.69) is 52.1 Å². The van der Waals surface area contributed by atoms with E-state index in [9.17, 15) is 5.11 Å². The smallest absolute Gasteiger partial charge is 0.250 e. The second kappa shape index (κ2) is 5.41. The zero-order chi connectivity index (χ0) is 15.0. The monoisotopic (exact) mass is 293 g/mol. The molecule has 0 unspecified atom stereocenters. The van der Waals surface area contributed by atoms with Gasteiger partial charge < -0.3 is 14.4 Å². The first-order valence-corrected chi connectivity index (χ1v) is 10.3. The number of benzene rings is 1. The third kappa shape index (κ3) is 3.01. The number of nitrogens with zero attached hydrogens (tertiary/aromatic N) is 1. The van der Waals surface area contributed by atoms with Crippen molar-refractivity contribution in [3.05, 3.63) is 23.8 Å². The Bertz CT molecular complexity index is 480. The van der Waals surface area contributed by atoms with Gasteiger partial charge in [-0.2, -0.15) is 0 Å². The lowest BCUT2D eigenvalue weighted by molar-refractivity contribution is 0.288. The van der Waals surface area contributed by atoms with Gasteiger partial charge in [-0.15, -0.1) is 0 Å². The van der Waals surface area contributed by atoms with Crippen molar-refractivity contribution in [3.63, 3.8) is 0 Å². The van der Waals surface area contributed by atoms with E-state index in [4.69, 9.17) is 4.43 Å². The Morgan fingerprint density at radius 2 is 2.00 bits per heavy atom. The van der Waals surface area contributed by atoms with E-state index in [0.717, 1.165) is 30.8 Å². The van der Waals surface area contributed by atoms with E-state index in [1.54, 1.807) is 0 Å². The van der Waals surface area contributed by atoms with Gasteiger partial charge in [0, 0.05) is 18.3 Å². The summed E-state index contributed by atoms with van der Waals surface area (Å²) in [7, 11) is -1.80. The molecule has 0 aliphatic carbocycles. The number of hydrogen-bond acceptors (Lipinski definition) is 3. The van der Waals surface area contributed by atoms with Gasteiger partial charge in [-0.05, 0) is 42.6 Å². The number of aliphatic hydroxyl groups is 1. The highest BCUT2D eigenvalue weighted by Gasteiger charge is 2.39. The van der Waals surface area contributed by atoms with Crippen LogP contribution in [0.15, 0.2) is 18.2 Å². The fourth-order valence-corrected chi connectivity index (χ4v) is 3.31. The number of hydrogen-bond donors (Lipinski definition) is 1. The summed E-state index contributed by atoms with van der Waals surface area (Å²) in [6, 6.07) is 6.34. The molecule has 1 aromatic rings. The maximum absolute atomic E-state index is 9.48. The maximum atomic E-state index is 9.48. The molecule has 20 heavy (non-hydrogen) atoms. The Morgan fingerprint density at radius 3 is 2.60 bits per heavy atom. The summed E-state index contributed by atoms with van der Waals surface area (Å²) in [6.45, 7) is 12.3. The normalized spacial score (nSPS) is 16.0. The molecule has 0 spiro atoms. The average molecular weight is 293 g/mol. The molecule has 0 bridgehead atoms. The van der Waals surface area contributed by atoms with Crippen LogP contribution in [-0.2, 0) is 6.42 Å². The second-order valence-electron chi connectivity index (χ2n) is 7.16. The summed E-state index contributed by atoms with van der Waals surface area (Å²) in [5.74, 6) is 0.940. The maximum Gasteiger partial charge on any atom is 0.250 e. The van der Waals surface area contributed by atoms with Crippen LogP contribution in [0.25, 0.3) is 0 Å². The van der Waals surface area contributed by atoms with Crippen LogP contribution >= 0.6 is 0 Å². The third-order valence-electron chi connectivity index (χ3n) is 4.62. The number of fused-ring (bicyclic) bond motifs is 1. The second-order valence-corrected chi connectivity index (χ2v) is 11.9. The third-order valence-corrected chi connectivity index (χ3v) is 8.98. The number of rotatable bonds is 3. The van der Waals surface area contributed by atoms with E-state index in [1.165, 1.54) is 5.56 Å². The Labute approximate surface area is 123 Å². The van der Waals surface area contributed by atoms with Gasteiger partial charge in [0.25, 0.3) is 0 Å². The first kappa shape index (κ1) is 15.4. The highest BCUT2D eigenvalue weighted by Crippen LogP contribution is 2.39. The van der Waals surface area contributed by atoms with E-state index >= 15 is 0 Å². The summed E-state index contributed by atoms with van der Waals surface area (Å²) in [5.41, 5.74) is 2.45. The van der Waals surface area contributed by atoms with Crippen LogP contribution < -0.4 is 9.33 Å². The van der Waals surface area contributed by atoms with E-state index in [0.29, 0.717) is 0 Å². The quantitative estimate of drug-likeness (QED) is 0.861. The van der Waals surface area contributed by atoms with Gasteiger partial charge in [0.15, 0.2) is 0 Å². The fraction of sp³-hybridized carbons (Fsp3) is 0.625. The molecule has 1 heterocycles. The molecule has 0 amide bonds. The van der Waals surface area contributed by atoms with Crippen LogP contribution in [0.5, 0.6) is 5.75 Å². The lowest BCUT2D eigenvalue weighted by Gasteiger charge is -2.37. The van der Waals surface area contributed by atoms with Gasteiger partial charge in [0.05, 0.1) is 0 Å². The molecular formula is C16H27NO2Si. The molecule has 4 heteroatoms. The van der Waals surface area contributed by atoms with Crippen LogP contribution in [0.2, 0.25) is 18.1 Å². The van der Waals surface area contributed by atoms with Crippen LogP contribution in [0.1, 0.15) is 32.8 Å². The molecule has 2 rings (SSSR count). The zero-order valence-electron chi connectivity index (χ0n) is 13.4. The molecule has 1 aliphatic rings. The summed E-state index contributed by atoms with van der Waals surface area (Å²) in [4.78, 5) is 2.03. The summed E-state index contributed by atoms with van der Waals surface area (Å²) in [6.07, 6.45) is 2.20. The van der Waals surface area contributed by atoms with Gasteiger partial charge in [0.2, 0.25) is 8.32 Å². The summed E-state index contributed by atoms with van der Waals surface area (Å²) >= 11 is 0. The molecular weight excluding hydrogens is 266 g/mol. The molecule has 0 aromatic heterocycles. The first-order chi connectivity index (χ1) is 9.24. The van der Waals surface area contributed by atoms with Crippen molar-refractivity contribution >= 4 is 14.0 Å². The topological polar surface area (TPSA) is 32.7 Å². The Hall–Kier alpha value is -1.00.